The molecule has 0 aliphatic carbocycles. The fourth-order valence-electron chi connectivity index (χ4n) is 2.82. The SMILES string of the molecule is C=C(C)C(=O)Nc1ccc([S][Bi]([S]c2ccc(NC(=O)C(=C)C)cc2)[S]c2ccc(NC(=O)C(=C)C)cc2)cc1. The Kier molecular flexibility index (Phi) is 12.1. The summed E-state index contributed by atoms with van der Waals surface area (Å²) >= 11 is -2.43. The molecule has 0 aromatic heterocycles. The van der Waals surface area contributed by atoms with Crippen molar-refractivity contribution in [1.29, 1.82) is 0 Å². The Morgan fingerprint density at radius 2 is 0.725 bits per heavy atom. The number of benzene rings is 3. The fraction of sp³-hybridized carbons (Fsp3) is 0.100. The molecule has 40 heavy (non-hydrogen) atoms. The van der Waals surface area contributed by atoms with Gasteiger partial charge in [0.2, 0.25) is 0 Å². The minimum absolute atomic E-state index is 0.200. The van der Waals surface area contributed by atoms with E-state index in [0.717, 1.165) is 31.7 Å². The quantitative estimate of drug-likeness (QED) is 0.128. The Morgan fingerprint density at radius 1 is 0.500 bits per heavy atom. The van der Waals surface area contributed by atoms with Crippen LogP contribution in [0.5, 0.6) is 0 Å². The monoisotopic (exact) mass is 785 g/mol. The van der Waals surface area contributed by atoms with Gasteiger partial charge in [-0.3, -0.25) is 0 Å². The zero-order valence-electron chi connectivity index (χ0n) is 22.4. The summed E-state index contributed by atoms with van der Waals surface area (Å²) < 4.78 is 0. The van der Waals surface area contributed by atoms with E-state index in [1.165, 1.54) is 0 Å². The van der Waals surface area contributed by atoms with Crippen molar-refractivity contribution in [1.82, 2.24) is 0 Å². The zero-order chi connectivity index (χ0) is 29.2. The molecule has 3 amide bonds. The predicted octanol–water partition coefficient (Wildman–Crippen LogP) is 7.89. The van der Waals surface area contributed by atoms with Gasteiger partial charge in [-0.05, 0) is 0 Å². The Morgan fingerprint density at radius 3 is 0.925 bits per heavy atom. The normalized spacial score (nSPS) is 10.5. The number of rotatable bonds is 12. The minimum atomic E-state index is -2.43. The molecule has 0 saturated heterocycles. The second-order valence-electron chi connectivity index (χ2n) is 8.77. The van der Waals surface area contributed by atoms with E-state index in [0.29, 0.717) is 16.7 Å². The van der Waals surface area contributed by atoms with Crippen molar-refractivity contribution < 1.29 is 14.4 Å². The van der Waals surface area contributed by atoms with Crippen LogP contribution >= 0.6 is 25.6 Å². The van der Waals surface area contributed by atoms with Gasteiger partial charge in [0.25, 0.3) is 0 Å². The molecule has 0 heterocycles. The van der Waals surface area contributed by atoms with Crippen molar-refractivity contribution in [3.05, 3.63) is 109 Å². The van der Waals surface area contributed by atoms with Crippen LogP contribution in [0.3, 0.4) is 0 Å². The van der Waals surface area contributed by atoms with Gasteiger partial charge in [0.05, 0.1) is 0 Å². The first kappa shape index (κ1) is 31.7. The molecule has 0 unspecified atom stereocenters. The van der Waals surface area contributed by atoms with Crippen LogP contribution in [0, 0.1) is 0 Å². The molecular formula is C30H30BiN3O3S3. The molecule has 3 N–H and O–H groups in total. The van der Waals surface area contributed by atoms with Crippen molar-refractivity contribution in [2.75, 3.05) is 16.0 Å². The molecule has 0 spiro atoms. The first-order valence-corrected chi connectivity index (χ1v) is 27.1. The molecular weight excluding hydrogens is 756 g/mol. The predicted molar refractivity (Wildman–Crippen MR) is 173 cm³/mol. The van der Waals surface area contributed by atoms with E-state index >= 15 is 0 Å². The van der Waals surface area contributed by atoms with Gasteiger partial charge >= 0.3 is 253 Å². The van der Waals surface area contributed by atoms with Crippen molar-refractivity contribution in [2.45, 2.75) is 35.5 Å². The summed E-state index contributed by atoms with van der Waals surface area (Å²) in [5, 5.41) is 8.52. The molecule has 0 radical (unpaired) electrons. The van der Waals surface area contributed by atoms with Gasteiger partial charge in [-0.25, -0.2) is 0 Å². The second-order valence-corrected chi connectivity index (χ2v) is 34.6. The average molecular weight is 786 g/mol. The van der Waals surface area contributed by atoms with Crippen LogP contribution in [0.15, 0.2) is 124 Å². The van der Waals surface area contributed by atoms with Gasteiger partial charge < -0.3 is 0 Å². The third kappa shape index (κ3) is 10.3. The summed E-state index contributed by atoms with van der Waals surface area (Å²) in [7, 11) is 5.66. The van der Waals surface area contributed by atoms with Crippen LogP contribution in [0.4, 0.5) is 17.1 Å². The fourth-order valence-corrected chi connectivity index (χ4v) is 32.3. The first-order chi connectivity index (χ1) is 19.0. The van der Waals surface area contributed by atoms with Crippen molar-refractivity contribution in [2.24, 2.45) is 0 Å². The van der Waals surface area contributed by atoms with E-state index in [1.807, 2.05) is 98.4 Å². The van der Waals surface area contributed by atoms with Gasteiger partial charge in [-0.1, -0.05) is 0 Å². The molecule has 0 atom stereocenters. The van der Waals surface area contributed by atoms with Gasteiger partial charge in [0, 0.05) is 0 Å². The van der Waals surface area contributed by atoms with E-state index in [-0.39, 0.29) is 17.7 Å². The maximum atomic E-state index is 11.9. The van der Waals surface area contributed by atoms with Crippen LogP contribution in [-0.4, -0.2) is 35.1 Å². The van der Waals surface area contributed by atoms with E-state index in [4.69, 9.17) is 0 Å². The van der Waals surface area contributed by atoms with Gasteiger partial charge in [-0.15, -0.1) is 0 Å². The summed E-state index contributed by atoms with van der Waals surface area (Å²) in [6.45, 7) is 16.1. The Hall–Kier alpha value is -2.78. The van der Waals surface area contributed by atoms with Crippen LogP contribution in [0.25, 0.3) is 0 Å². The van der Waals surface area contributed by atoms with E-state index in [2.05, 4.69) is 35.7 Å². The second kappa shape index (κ2) is 15.3. The summed E-state index contributed by atoms with van der Waals surface area (Å²) in [6.07, 6.45) is 0. The van der Waals surface area contributed by atoms with Gasteiger partial charge in [-0.2, -0.15) is 0 Å². The summed E-state index contributed by atoms with van der Waals surface area (Å²) in [5.41, 5.74) is 3.54. The molecule has 0 aliphatic heterocycles. The van der Waals surface area contributed by atoms with Crippen molar-refractivity contribution in [3.63, 3.8) is 0 Å². The van der Waals surface area contributed by atoms with E-state index in [9.17, 15) is 14.4 Å². The molecule has 10 heteroatoms. The van der Waals surface area contributed by atoms with Gasteiger partial charge in [0.1, 0.15) is 0 Å². The van der Waals surface area contributed by atoms with E-state index in [1.54, 1.807) is 20.8 Å². The van der Waals surface area contributed by atoms with Gasteiger partial charge in [0.15, 0.2) is 0 Å². The summed E-state index contributed by atoms with van der Waals surface area (Å²) in [6, 6.07) is 23.5. The molecule has 3 rings (SSSR count). The van der Waals surface area contributed by atoms with Crippen LogP contribution < -0.4 is 16.0 Å². The number of carbonyl (C=O) groups excluding carboxylic acids is 3. The third-order valence-electron chi connectivity index (χ3n) is 5.04. The maximum absolute atomic E-state index is 11.9. The molecule has 3 aromatic carbocycles. The molecule has 0 bridgehead atoms. The number of nitrogens with one attached hydrogen (secondary N) is 3. The average Bonchev–Trinajstić information content (AvgIpc) is 2.91. The molecule has 6 nitrogen and oxygen atoms in total. The number of hydrogen-bond donors (Lipinski definition) is 3. The number of hydrogen-bond acceptors (Lipinski definition) is 6. The van der Waals surface area contributed by atoms with Crippen molar-refractivity contribution >= 4 is 77.7 Å². The topological polar surface area (TPSA) is 87.3 Å². The van der Waals surface area contributed by atoms with Crippen LogP contribution in [0.1, 0.15) is 20.8 Å². The Labute approximate surface area is 251 Å². The third-order valence-corrected chi connectivity index (χ3v) is 31.3. The Bertz CT molecular complexity index is 1250. The van der Waals surface area contributed by atoms with Crippen LogP contribution in [-0.2, 0) is 14.4 Å². The number of anilines is 3. The zero-order valence-corrected chi connectivity index (χ0v) is 28.4. The standard InChI is InChI=1S/3C10H11NOS.Bi/c3*1-7(2)10(12)11-8-3-5-9(13)6-4-8;/h3*3-6,13H,1H2,2H3,(H,11,12);/q;;;+3/p-3. The summed E-state index contributed by atoms with van der Waals surface area (Å²) in [4.78, 5) is 39.2. The van der Waals surface area contributed by atoms with E-state index < -0.39 is 17.4 Å². The van der Waals surface area contributed by atoms with Crippen LogP contribution in [0.2, 0.25) is 0 Å². The first-order valence-electron chi connectivity index (χ1n) is 12.0. The molecule has 0 saturated carbocycles. The molecule has 0 aliphatic rings. The Balaban J connectivity index is 1.76. The molecule has 206 valence electrons. The summed E-state index contributed by atoms with van der Waals surface area (Å²) in [5.74, 6) is -0.600. The number of amides is 3. The molecule has 0 fully saturated rings. The number of carbonyl (C=O) groups is 3. The molecule has 3 aromatic rings. The van der Waals surface area contributed by atoms with Crippen molar-refractivity contribution in [3.8, 4) is 0 Å².